The average Bonchev–Trinajstić information content (AvgIpc) is 3.38. The lowest BCUT2D eigenvalue weighted by atomic mass is 10.0. The number of nitrogens with zero attached hydrogens (tertiary/aromatic N) is 4. The molecule has 28 heavy (non-hydrogen) atoms. The summed E-state index contributed by atoms with van der Waals surface area (Å²) in [5, 5.41) is 12.2. The second-order valence-corrected chi connectivity index (χ2v) is 7.39. The summed E-state index contributed by atoms with van der Waals surface area (Å²) in [6.07, 6.45) is 4.81. The molecule has 0 saturated heterocycles. The van der Waals surface area contributed by atoms with Gasteiger partial charge in [-0.2, -0.15) is 0 Å². The van der Waals surface area contributed by atoms with E-state index >= 15 is 0 Å². The molecule has 2 aromatic carbocycles. The fourth-order valence-corrected chi connectivity index (χ4v) is 4.03. The first-order valence-corrected chi connectivity index (χ1v) is 9.72. The van der Waals surface area contributed by atoms with E-state index in [2.05, 4.69) is 15.5 Å². The Bertz CT molecular complexity index is 1180. The molecule has 0 unspecified atom stereocenters. The molecular weight excluding hydrogens is 350 g/mol. The van der Waals surface area contributed by atoms with E-state index in [-0.39, 0.29) is 5.78 Å². The predicted molar refractivity (Wildman–Crippen MR) is 109 cm³/mol. The zero-order valence-electron chi connectivity index (χ0n) is 15.7. The van der Waals surface area contributed by atoms with Gasteiger partial charge in [0.1, 0.15) is 5.82 Å². The van der Waals surface area contributed by atoms with Gasteiger partial charge in [-0.05, 0) is 38.0 Å². The summed E-state index contributed by atoms with van der Waals surface area (Å²) in [7, 11) is 0. The Labute approximate surface area is 162 Å². The van der Waals surface area contributed by atoms with Crippen molar-refractivity contribution >= 4 is 28.3 Å². The van der Waals surface area contributed by atoms with Crippen molar-refractivity contribution in [1.82, 2.24) is 19.6 Å². The van der Waals surface area contributed by atoms with E-state index in [1.54, 1.807) is 0 Å². The number of rotatable bonds is 4. The average molecular weight is 371 g/mol. The third-order valence-electron chi connectivity index (χ3n) is 5.48. The highest BCUT2D eigenvalue weighted by Crippen LogP contribution is 2.27. The van der Waals surface area contributed by atoms with Crippen LogP contribution >= 0.6 is 0 Å². The van der Waals surface area contributed by atoms with Crippen molar-refractivity contribution < 1.29 is 4.79 Å². The molecule has 2 aromatic heterocycles. The van der Waals surface area contributed by atoms with Crippen molar-refractivity contribution in [2.75, 3.05) is 5.32 Å². The van der Waals surface area contributed by atoms with Gasteiger partial charge in [0, 0.05) is 17.2 Å². The van der Waals surface area contributed by atoms with Gasteiger partial charge in [0.2, 0.25) is 5.65 Å². The molecule has 0 atom stereocenters. The molecule has 6 nitrogen and oxygen atoms in total. The number of fused-ring (bicyclic) bond motifs is 3. The maximum Gasteiger partial charge on any atom is 0.204 e. The van der Waals surface area contributed by atoms with Crippen LogP contribution in [0.4, 0.5) is 5.82 Å². The molecule has 1 aliphatic rings. The van der Waals surface area contributed by atoms with Crippen LogP contribution in [0.25, 0.3) is 16.7 Å². The first-order valence-electron chi connectivity index (χ1n) is 9.72. The maximum absolute atomic E-state index is 12.9. The monoisotopic (exact) mass is 371 g/mol. The SMILES string of the molecule is Cc1nnc2c(NC3CCCC3)nc3ccc(C(=O)c4ccccc4)cc3n12. The van der Waals surface area contributed by atoms with Gasteiger partial charge >= 0.3 is 0 Å². The first kappa shape index (κ1) is 16.9. The number of aryl methyl sites for hydroxylation is 1. The van der Waals surface area contributed by atoms with E-state index in [0.29, 0.717) is 22.8 Å². The van der Waals surface area contributed by atoms with Crippen LogP contribution in [-0.4, -0.2) is 31.4 Å². The summed E-state index contributed by atoms with van der Waals surface area (Å²) in [5.74, 6) is 1.54. The van der Waals surface area contributed by atoms with E-state index < -0.39 is 0 Å². The smallest absolute Gasteiger partial charge is 0.204 e. The van der Waals surface area contributed by atoms with Gasteiger partial charge < -0.3 is 5.32 Å². The summed E-state index contributed by atoms with van der Waals surface area (Å²) in [4.78, 5) is 17.7. The Kier molecular flexibility index (Phi) is 4.04. The molecule has 0 amide bonds. The van der Waals surface area contributed by atoms with Gasteiger partial charge in [0.25, 0.3) is 0 Å². The van der Waals surface area contributed by atoms with E-state index in [1.165, 1.54) is 12.8 Å². The van der Waals surface area contributed by atoms with Gasteiger partial charge in [-0.15, -0.1) is 10.2 Å². The summed E-state index contributed by atoms with van der Waals surface area (Å²) in [6, 6.07) is 15.4. The molecule has 0 aliphatic heterocycles. The number of ketones is 1. The molecule has 6 heteroatoms. The molecule has 1 N–H and O–H groups in total. The third-order valence-corrected chi connectivity index (χ3v) is 5.48. The van der Waals surface area contributed by atoms with E-state index in [1.807, 2.05) is 59.9 Å². The molecule has 1 saturated carbocycles. The van der Waals surface area contributed by atoms with Crippen molar-refractivity contribution in [2.24, 2.45) is 0 Å². The van der Waals surface area contributed by atoms with E-state index in [4.69, 9.17) is 4.98 Å². The molecule has 1 aliphatic carbocycles. The summed E-state index contributed by atoms with van der Waals surface area (Å²) in [5.41, 5.74) is 3.68. The zero-order valence-corrected chi connectivity index (χ0v) is 15.7. The molecule has 0 bridgehead atoms. The lowest BCUT2D eigenvalue weighted by Gasteiger charge is -2.15. The first-order chi connectivity index (χ1) is 13.7. The number of carbonyl (C=O) groups excluding carboxylic acids is 1. The molecule has 1 fully saturated rings. The summed E-state index contributed by atoms with van der Waals surface area (Å²) in [6.45, 7) is 1.92. The zero-order chi connectivity index (χ0) is 19.1. The second-order valence-electron chi connectivity index (χ2n) is 7.39. The van der Waals surface area contributed by atoms with Crippen LogP contribution in [0.1, 0.15) is 47.4 Å². The van der Waals surface area contributed by atoms with Crippen molar-refractivity contribution in [1.29, 1.82) is 0 Å². The van der Waals surface area contributed by atoms with Crippen LogP contribution in [0.3, 0.4) is 0 Å². The maximum atomic E-state index is 12.9. The van der Waals surface area contributed by atoms with Crippen molar-refractivity contribution in [3.05, 3.63) is 65.5 Å². The molecule has 0 spiro atoms. The van der Waals surface area contributed by atoms with Crippen molar-refractivity contribution in [2.45, 2.75) is 38.6 Å². The quantitative estimate of drug-likeness (QED) is 0.545. The highest BCUT2D eigenvalue weighted by Gasteiger charge is 2.20. The van der Waals surface area contributed by atoms with Crippen LogP contribution in [0.15, 0.2) is 48.5 Å². The Morgan fingerprint density at radius 3 is 2.61 bits per heavy atom. The highest BCUT2D eigenvalue weighted by molar-refractivity contribution is 6.10. The van der Waals surface area contributed by atoms with Gasteiger partial charge in [-0.1, -0.05) is 43.2 Å². The van der Waals surface area contributed by atoms with Crippen molar-refractivity contribution in [3.63, 3.8) is 0 Å². The highest BCUT2D eigenvalue weighted by atomic mass is 16.1. The van der Waals surface area contributed by atoms with Crippen LogP contribution in [0, 0.1) is 6.92 Å². The van der Waals surface area contributed by atoms with E-state index in [0.717, 1.165) is 35.5 Å². The number of aromatic nitrogens is 4. The molecule has 2 heterocycles. The van der Waals surface area contributed by atoms with Crippen LogP contribution in [-0.2, 0) is 0 Å². The summed E-state index contributed by atoms with van der Waals surface area (Å²) < 4.78 is 1.99. The fraction of sp³-hybridized carbons (Fsp3) is 0.273. The molecule has 4 aromatic rings. The van der Waals surface area contributed by atoms with Gasteiger partial charge in [0.05, 0.1) is 11.0 Å². The van der Waals surface area contributed by atoms with Crippen LogP contribution in [0.2, 0.25) is 0 Å². The Morgan fingerprint density at radius 1 is 1.04 bits per heavy atom. The van der Waals surface area contributed by atoms with Crippen molar-refractivity contribution in [3.8, 4) is 0 Å². The normalized spacial score (nSPS) is 14.8. The van der Waals surface area contributed by atoms with E-state index in [9.17, 15) is 4.79 Å². The summed E-state index contributed by atoms with van der Waals surface area (Å²) >= 11 is 0. The molecule has 140 valence electrons. The van der Waals surface area contributed by atoms with Gasteiger partial charge in [-0.3, -0.25) is 9.20 Å². The molecule has 0 radical (unpaired) electrons. The Hall–Kier alpha value is -3.28. The number of anilines is 1. The number of carbonyl (C=O) groups is 1. The standard InChI is InChI=1S/C22H21N5O/c1-14-25-26-22-21(23-17-9-5-6-10-17)24-18-12-11-16(13-19(18)27(14)22)20(28)15-7-3-2-4-8-15/h2-4,7-8,11-13,17H,5-6,9-10H2,1H3,(H,23,24). The Morgan fingerprint density at radius 2 is 1.82 bits per heavy atom. The van der Waals surface area contributed by atoms with Gasteiger partial charge in [-0.25, -0.2) is 4.98 Å². The van der Waals surface area contributed by atoms with Crippen LogP contribution in [0.5, 0.6) is 0 Å². The minimum absolute atomic E-state index is 0.00506. The topological polar surface area (TPSA) is 72.2 Å². The largest absolute Gasteiger partial charge is 0.364 e. The second kappa shape index (κ2) is 6.71. The molecular formula is C22H21N5O. The lowest BCUT2D eigenvalue weighted by molar-refractivity contribution is 0.103. The molecule has 5 rings (SSSR count). The fourth-order valence-electron chi connectivity index (χ4n) is 4.03. The third kappa shape index (κ3) is 2.81. The minimum atomic E-state index is -0.00506. The lowest BCUT2D eigenvalue weighted by Crippen LogP contribution is -2.16. The van der Waals surface area contributed by atoms with Crippen LogP contribution < -0.4 is 5.32 Å². The predicted octanol–water partition coefficient (Wildman–Crippen LogP) is 4.17. The van der Waals surface area contributed by atoms with Gasteiger partial charge in [0.15, 0.2) is 11.6 Å². The number of benzene rings is 2. The number of nitrogens with one attached hydrogen (secondary N) is 1. The number of hydrogen-bond donors (Lipinski definition) is 1. The minimum Gasteiger partial charge on any atom is -0.364 e. The number of hydrogen-bond acceptors (Lipinski definition) is 5. The Balaban J connectivity index is 1.64.